The van der Waals surface area contributed by atoms with E-state index in [9.17, 15) is 19.2 Å². The van der Waals surface area contributed by atoms with Crippen molar-refractivity contribution in [2.24, 2.45) is 0 Å². The van der Waals surface area contributed by atoms with Crippen molar-refractivity contribution < 1.29 is 33.8 Å². The van der Waals surface area contributed by atoms with Crippen molar-refractivity contribution in [3.63, 3.8) is 0 Å². The van der Waals surface area contributed by atoms with Gasteiger partial charge in [-0.1, -0.05) is 48.5 Å². The number of esters is 1. The highest BCUT2D eigenvalue weighted by Gasteiger charge is 2.38. The van der Waals surface area contributed by atoms with Gasteiger partial charge < -0.3 is 14.6 Å². The van der Waals surface area contributed by atoms with E-state index in [1.54, 1.807) is 49.5 Å². The van der Waals surface area contributed by atoms with Gasteiger partial charge in [-0.2, -0.15) is 0 Å². The van der Waals surface area contributed by atoms with Crippen molar-refractivity contribution >= 4 is 35.3 Å². The fourth-order valence-corrected chi connectivity index (χ4v) is 4.45. The Morgan fingerprint density at radius 2 is 1.71 bits per heavy atom. The minimum Gasteiger partial charge on any atom is -0.493 e. The van der Waals surface area contributed by atoms with Gasteiger partial charge in [0.15, 0.2) is 0 Å². The van der Waals surface area contributed by atoms with Gasteiger partial charge in [0.1, 0.15) is 17.1 Å². The molecule has 9 nitrogen and oxygen atoms in total. The van der Waals surface area contributed by atoms with E-state index in [-0.39, 0.29) is 25.9 Å². The molecule has 2 amide bonds. The molecular formula is C28H28N2O7S. The molecule has 3 rings (SSSR count). The summed E-state index contributed by atoms with van der Waals surface area (Å²) in [7, 11) is 0. The third kappa shape index (κ3) is 9.04. The van der Waals surface area contributed by atoms with Crippen LogP contribution >= 0.6 is 11.8 Å². The van der Waals surface area contributed by atoms with Crippen LogP contribution in [0.1, 0.15) is 29.3 Å². The van der Waals surface area contributed by atoms with Crippen LogP contribution in [0.15, 0.2) is 72.9 Å². The number of imide groups is 1. The number of ether oxygens (including phenoxy) is 2. The van der Waals surface area contributed by atoms with Crippen LogP contribution in [0, 0.1) is 0 Å². The molecule has 0 fully saturated rings. The number of pyridine rings is 1. The molecule has 0 saturated carbocycles. The second-order valence-electron chi connectivity index (χ2n) is 8.59. The largest absolute Gasteiger partial charge is 0.493 e. The number of amides is 2. The molecule has 3 aromatic rings. The highest BCUT2D eigenvalue weighted by molar-refractivity contribution is 8.15. The number of nitrogens with one attached hydrogen (secondary N) is 1. The molecule has 1 atom stereocenters. The van der Waals surface area contributed by atoms with Gasteiger partial charge in [0.05, 0.1) is 13.0 Å². The summed E-state index contributed by atoms with van der Waals surface area (Å²) in [5, 5.41) is 10.2. The number of benzene rings is 2. The van der Waals surface area contributed by atoms with E-state index in [1.807, 2.05) is 30.3 Å². The number of aliphatic carboxylic acids is 1. The summed E-state index contributed by atoms with van der Waals surface area (Å²) >= 11 is 0.703. The van der Waals surface area contributed by atoms with E-state index in [0.29, 0.717) is 36.1 Å². The van der Waals surface area contributed by atoms with Gasteiger partial charge in [0, 0.05) is 18.3 Å². The summed E-state index contributed by atoms with van der Waals surface area (Å²) in [5.41, 5.74) is 3.01. The Hall–Kier alpha value is -4.18. The number of carboxylic acid groups (broad SMARTS) is 1. The SMILES string of the molecule is CC(Cc1ccc(OCCc2ccc(CC(=O)O)cn2)cc1)(SC(=O)NC=O)C(=O)OCc1ccccc1. The number of nitrogens with zero attached hydrogens (tertiary/aromatic N) is 1. The second-order valence-corrected chi connectivity index (χ2v) is 10.1. The Morgan fingerprint density at radius 3 is 2.34 bits per heavy atom. The number of hydrogen-bond donors (Lipinski definition) is 2. The smallest absolute Gasteiger partial charge is 0.323 e. The van der Waals surface area contributed by atoms with E-state index in [1.165, 1.54) is 0 Å². The molecule has 0 aliphatic heterocycles. The molecule has 198 valence electrons. The molecule has 2 N–H and O–H groups in total. The zero-order valence-corrected chi connectivity index (χ0v) is 21.6. The zero-order chi connectivity index (χ0) is 27.4. The van der Waals surface area contributed by atoms with E-state index >= 15 is 0 Å². The van der Waals surface area contributed by atoms with E-state index in [2.05, 4.69) is 10.3 Å². The number of aromatic nitrogens is 1. The van der Waals surface area contributed by atoms with Gasteiger partial charge in [0.25, 0.3) is 5.24 Å². The standard InChI is InChI=1S/C28H28N2O7S/c1-28(38-27(35)30-19-31,26(34)37-18-21-5-3-2-4-6-21)16-20-8-11-24(12-9-20)36-14-13-23-10-7-22(17-29-23)15-25(32)33/h2-12,17,19H,13-16,18H2,1H3,(H,32,33)(H,30,31,35). The minimum atomic E-state index is -1.28. The van der Waals surface area contributed by atoms with Gasteiger partial charge in [-0.15, -0.1) is 0 Å². The van der Waals surface area contributed by atoms with Crippen LogP contribution in [-0.2, 0) is 45.0 Å². The monoisotopic (exact) mass is 536 g/mol. The van der Waals surface area contributed by atoms with Crippen LogP contribution < -0.4 is 10.1 Å². The van der Waals surface area contributed by atoms with Gasteiger partial charge in [-0.25, -0.2) is 0 Å². The van der Waals surface area contributed by atoms with E-state index in [4.69, 9.17) is 14.6 Å². The van der Waals surface area contributed by atoms with Crippen LogP contribution in [0.5, 0.6) is 5.75 Å². The third-order valence-corrected chi connectivity index (χ3v) is 6.54. The Labute approximate surface area is 224 Å². The summed E-state index contributed by atoms with van der Waals surface area (Å²) < 4.78 is 10.0. The van der Waals surface area contributed by atoms with E-state index < -0.39 is 21.9 Å². The predicted octanol–water partition coefficient (Wildman–Crippen LogP) is 3.97. The van der Waals surface area contributed by atoms with Gasteiger partial charge in [-0.05, 0) is 60.0 Å². The summed E-state index contributed by atoms with van der Waals surface area (Å²) in [6.45, 7) is 2.04. The van der Waals surface area contributed by atoms with Crippen molar-refractivity contribution in [3.05, 3.63) is 95.3 Å². The number of carboxylic acids is 1. The zero-order valence-electron chi connectivity index (χ0n) is 20.8. The summed E-state index contributed by atoms with van der Waals surface area (Å²) in [6, 6.07) is 19.9. The molecule has 10 heteroatoms. The lowest BCUT2D eigenvalue weighted by atomic mass is 10.00. The summed E-state index contributed by atoms with van der Waals surface area (Å²) in [4.78, 5) is 50.9. The molecule has 0 bridgehead atoms. The molecule has 1 aromatic heterocycles. The van der Waals surface area contributed by atoms with Crippen LogP contribution in [0.4, 0.5) is 4.79 Å². The summed E-state index contributed by atoms with van der Waals surface area (Å²) in [6.07, 6.45) is 2.48. The number of carbonyl (C=O) groups is 4. The normalized spacial score (nSPS) is 12.1. The molecule has 2 aromatic carbocycles. The molecule has 0 radical (unpaired) electrons. The first-order chi connectivity index (χ1) is 18.3. The molecule has 38 heavy (non-hydrogen) atoms. The maximum absolute atomic E-state index is 13.0. The topological polar surface area (TPSA) is 132 Å². The van der Waals surface area contributed by atoms with Gasteiger partial charge >= 0.3 is 11.9 Å². The van der Waals surface area contributed by atoms with Crippen LogP contribution in [0.25, 0.3) is 0 Å². The second kappa shape index (κ2) is 13.9. The quantitative estimate of drug-likeness (QED) is 0.246. The lowest BCUT2D eigenvalue weighted by Gasteiger charge is -2.26. The Morgan fingerprint density at radius 1 is 1.00 bits per heavy atom. The summed E-state index contributed by atoms with van der Waals surface area (Å²) in [5.74, 6) is -0.857. The number of thioether (sulfide) groups is 1. The predicted molar refractivity (Wildman–Crippen MR) is 142 cm³/mol. The fraction of sp³-hybridized carbons (Fsp3) is 0.250. The van der Waals surface area contributed by atoms with Crippen molar-refractivity contribution in [1.29, 1.82) is 0 Å². The van der Waals surface area contributed by atoms with Crippen molar-refractivity contribution in [1.82, 2.24) is 10.3 Å². The Balaban J connectivity index is 1.58. The molecule has 1 unspecified atom stereocenters. The molecule has 0 spiro atoms. The maximum Gasteiger partial charge on any atom is 0.323 e. The lowest BCUT2D eigenvalue weighted by Crippen LogP contribution is -2.39. The molecule has 0 saturated heterocycles. The number of rotatable bonds is 13. The molecule has 1 heterocycles. The highest BCUT2D eigenvalue weighted by atomic mass is 32.2. The number of hydrogen-bond acceptors (Lipinski definition) is 8. The van der Waals surface area contributed by atoms with Crippen LogP contribution in [-0.4, -0.2) is 45.0 Å². The number of carbonyl (C=O) groups excluding carboxylic acids is 3. The average Bonchev–Trinajstić information content (AvgIpc) is 2.89. The van der Waals surface area contributed by atoms with Gasteiger partial charge in [-0.3, -0.25) is 29.5 Å². The average molecular weight is 537 g/mol. The first kappa shape index (κ1) is 28.4. The first-order valence-corrected chi connectivity index (χ1v) is 12.6. The Kier molecular flexibility index (Phi) is 10.4. The van der Waals surface area contributed by atoms with Crippen molar-refractivity contribution in [2.75, 3.05) is 6.61 Å². The third-order valence-electron chi connectivity index (χ3n) is 5.47. The van der Waals surface area contributed by atoms with E-state index in [0.717, 1.165) is 16.8 Å². The maximum atomic E-state index is 13.0. The van der Waals surface area contributed by atoms with Gasteiger partial charge in [0.2, 0.25) is 6.41 Å². The highest BCUT2D eigenvalue weighted by Crippen LogP contribution is 2.32. The lowest BCUT2D eigenvalue weighted by molar-refractivity contribution is -0.147. The molecular weight excluding hydrogens is 508 g/mol. The molecule has 0 aliphatic rings. The first-order valence-electron chi connectivity index (χ1n) is 11.8. The fourth-order valence-electron chi connectivity index (χ4n) is 3.56. The van der Waals surface area contributed by atoms with Crippen LogP contribution in [0.3, 0.4) is 0 Å². The molecule has 0 aliphatic carbocycles. The van der Waals surface area contributed by atoms with Crippen molar-refractivity contribution in [2.45, 2.75) is 37.5 Å². The van der Waals surface area contributed by atoms with Crippen LogP contribution in [0.2, 0.25) is 0 Å². The Bertz CT molecular complexity index is 1230. The van der Waals surface area contributed by atoms with Crippen molar-refractivity contribution in [3.8, 4) is 5.75 Å². The minimum absolute atomic E-state index is 0.0645.